The largest absolute Gasteiger partial charge is 0.340 e. The fourth-order valence-corrected chi connectivity index (χ4v) is 2.64. The molecule has 0 aromatic heterocycles. The van der Waals surface area contributed by atoms with E-state index in [4.69, 9.17) is 5.73 Å². The van der Waals surface area contributed by atoms with Crippen molar-refractivity contribution in [1.82, 2.24) is 4.90 Å². The predicted octanol–water partition coefficient (Wildman–Crippen LogP) is 1.48. The van der Waals surface area contributed by atoms with Crippen molar-refractivity contribution in [3.05, 3.63) is 39.9 Å². The number of hydrogen-bond acceptors (Lipinski definition) is 4. The highest BCUT2D eigenvalue weighted by Crippen LogP contribution is 2.19. The van der Waals surface area contributed by atoms with Crippen LogP contribution in [0.4, 0.5) is 5.69 Å². The SMILES string of the molecule is CC1CC(N)CCN1C(=O)Cc1cccc([N+](=O)[O-])c1. The van der Waals surface area contributed by atoms with Gasteiger partial charge in [0.05, 0.1) is 11.3 Å². The molecule has 0 radical (unpaired) electrons. The third-order valence-electron chi connectivity index (χ3n) is 3.71. The smallest absolute Gasteiger partial charge is 0.269 e. The van der Waals surface area contributed by atoms with E-state index in [1.165, 1.54) is 12.1 Å². The molecule has 1 aliphatic rings. The van der Waals surface area contributed by atoms with Crippen LogP contribution in [0.1, 0.15) is 25.3 Å². The number of amides is 1. The highest BCUT2D eigenvalue weighted by molar-refractivity contribution is 5.79. The topological polar surface area (TPSA) is 89.5 Å². The molecular weight excluding hydrogens is 258 g/mol. The van der Waals surface area contributed by atoms with Crippen LogP contribution in [0.3, 0.4) is 0 Å². The number of piperidine rings is 1. The Labute approximate surface area is 117 Å². The van der Waals surface area contributed by atoms with Gasteiger partial charge in [-0.3, -0.25) is 14.9 Å². The average Bonchev–Trinajstić information content (AvgIpc) is 2.38. The van der Waals surface area contributed by atoms with Crippen LogP contribution in [0.5, 0.6) is 0 Å². The second kappa shape index (κ2) is 6.00. The first-order chi connectivity index (χ1) is 9.47. The van der Waals surface area contributed by atoms with Crippen LogP contribution in [0.2, 0.25) is 0 Å². The number of nitro groups is 1. The lowest BCUT2D eigenvalue weighted by Crippen LogP contribution is -2.48. The van der Waals surface area contributed by atoms with Gasteiger partial charge in [0, 0.05) is 30.8 Å². The van der Waals surface area contributed by atoms with Gasteiger partial charge in [0.25, 0.3) is 5.69 Å². The maximum absolute atomic E-state index is 12.3. The first-order valence-electron chi connectivity index (χ1n) is 6.75. The molecule has 1 amide bonds. The second-order valence-electron chi connectivity index (χ2n) is 5.32. The Kier molecular flexibility index (Phi) is 4.34. The zero-order chi connectivity index (χ0) is 14.7. The molecule has 2 unspecified atom stereocenters. The summed E-state index contributed by atoms with van der Waals surface area (Å²) in [4.78, 5) is 24.4. The highest BCUT2D eigenvalue weighted by Gasteiger charge is 2.26. The molecule has 2 atom stereocenters. The maximum atomic E-state index is 12.3. The summed E-state index contributed by atoms with van der Waals surface area (Å²) in [6, 6.07) is 6.52. The Morgan fingerprint density at radius 1 is 1.55 bits per heavy atom. The van der Waals surface area contributed by atoms with Crippen molar-refractivity contribution in [2.75, 3.05) is 6.54 Å². The lowest BCUT2D eigenvalue weighted by Gasteiger charge is -2.36. The van der Waals surface area contributed by atoms with E-state index in [1.54, 1.807) is 12.1 Å². The van der Waals surface area contributed by atoms with Gasteiger partial charge in [0.2, 0.25) is 5.91 Å². The number of likely N-dealkylation sites (tertiary alicyclic amines) is 1. The van der Waals surface area contributed by atoms with E-state index >= 15 is 0 Å². The van der Waals surface area contributed by atoms with Gasteiger partial charge < -0.3 is 10.6 Å². The zero-order valence-corrected chi connectivity index (χ0v) is 11.5. The van der Waals surface area contributed by atoms with E-state index in [1.807, 2.05) is 11.8 Å². The predicted molar refractivity (Wildman–Crippen MR) is 75.2 cm³/mol. The second-order valence-corrected chi connectivity index (χ2v) is 5.32. The molecule has 20 heavy (non-hydrogen) atoms. The molecule has 0 aliphatic carbocycles. The van der Waals surface area contributed by atoms with E-state index in [-0.39, 0.29) is 30.1 Å². The summed E-state index contributed by atoms with van der Waals surface area (Å²) in [5.41, 5.74) is 6.57. The van der Waals surface area contributed by atoms with Gasteiger partial charge in [0.15, 0.2) is 0 Å². The Bertz CT molecular complexity index is 518. The monoisotopic (exact) mass is 277 g/mol. The molecule has 2 N–H and O–H groups in total. The Balaban J connectivity index is 2.04. The first-order valence-corrected chi connectivity index (χ1v) is 6.75. The van der Waals surface area contributed by atoms with Crippen molar-refractivity contribution in [1.29, 1.82) is 0 Å². The molecule has 1 aromatic carbocycles. The van der Waals surface area contributed by atoms with Crippen LogP contribution >= 0.6 is 0 Å². The lowest BCUT2D eigenvalue weighted by atomic mass is 9.98. The van der Waals surface area contributed by atoms with Gasteiger partial charge >= 0.3 is 0 Å². The van der Waals surface area contributed by atoms with Gasteiger partial charge in [-0.1, -0.05) is 12.1 Å². The summed E-state index contributed by atoms with van der Waals surface area (Å²) in [5, 5.41) is 10.7. The van der Waals surface area contributed by atoms with Crippen LogP contribution in [0, 0.1) is 10.1 Å². The maximum Gasteiger partial charge on any atom is 0.269 e. The van der Waals surface area contributed by atoms with E-state index < -0.39 is 4.92 Å². The van der Waals surface area contributed by atoms with Crippen LogP contribution < -0.4 is 5.73 Å². The van der Waals surface area contributed by atoms with Crippen molar-refractivity contribution in [3.8, 4) is 0 Å². The van der Waals surface area contributed by atoms with Crippen LogP contribution in [0.25, 0.3) is 0 Å². The third-order valence-corrected chi connectivity index (χ3v) is 3.71. The summed E-state index contributed by atoms with van der Waals surface area (Å²) >= 11 is 0. The van der Waals surface area contributed by atoms with Crippen LogP contribution in [-0.4, -0.2) is 34.4 Å². The number of nitro benzene ring substituents is 1. The van der Waals surface area contributed by atoms with E-state index in [0.29, 0.717) is 12.1 Å². The summed E-state index contributed by atoms with van der Waals surface area (Å²) < 4.78 is 0. The number of benzene rings is 1. The van der Waals surface area contributed by atoms with Crippen molar-refractivity contribution in [2.45, 2.75) is 38.3 Å². The molecule has 1 aromatic rings. The molecule has 1 heterocycles. The molecule has 1 saturated heterocycles. The number of nitrogens with two attached hydrogens (primary N) is 1. The number of carbonyl (C=O) groups excluding carboxylic acids is 1. The molecule has 6 heteroatoms. The number of rotatable bonds is 3. The minimum Gasteiger partial charge on any atom is -0.340 e. The number of nitrogens with zero attached hydrogens (tertiary/aromatic N) is 2. The average molecular weight is 277 g/mol. The fraction of sp³-hybridized carbons (Fsp3) is 0.500. The fourth-order valence-electron chi connectivity index (χ4n) is 2.64. The number of non-ortho nitro benzene ring substituents is 1. The Morgan fingerprint density at radius 3 is 2.95 bits per heavy atom. The molecule has 0 spiro atoms. The molecule has 2 rings (SSSR count). The number of hydrogen-bond donors (Lipinski definition) is 1. The summed E-state index contributed by atoms with van der Waals surface area (Å²) in [5.74, 6) is 0.00454. The molecule has 1 fully saturated rings. The Morgan fingerprint density at radius 2 is 2.30 bits per heavy atom. The standard InChI is InChI=1S/C14H19N3O3/c1-10-7-12(15)5-6-16(10)14(18)9-11-3-2-4-13(8-11)17(19)20/h2-4,8,10,12H,5-7,9,15H2,1H3. The van der Waals surface area contributed by atoms with Gasteiger partial charge in [-0.05, 0) is 25.3 Å². The van der Waals surface area contributed by atoms with Crippen LogP contribution in [-0.2, 0) is 11.2 Å². The molecule has 0 saturated carbocycles. The molecule has 108 valence electrons. The summed E-state index contributed by atoms with van der Waals surface area (Å²) in [6.07, 6.45) is 1.81. The van der Waals surface area contributed by atoms with Crippen molar-refractivity contribution < 1.29 is 9.72 Å². The molecule has 0 bridgehead atoms. The zero-order valence-electron chi connectivity index (χ0n) is 11.5. The first kappa shape index (κ1) is 14.5. The Hall–Kier alpha value is -1.95. The van der Waals surface area contributed by atoms with Gasteiger partial charge in [-0.15, -0.1) is 0 Å². The molecular formula is C14H19N3O3. The van der Waals surface area contributed by atoms with E-state index in [2.05, 4.69) is 0 Å². The van der Waals surface area contributed by atoms with Gasteiger partial charge in [-0.2, -0.15) is 0 Å². The van der Waals surface area contributed by atoms with Crippen molar-refractivity contribution in [3.63, 3.8) is 0 Å². The van der Waals surface area contributed by atoms with E-state index in [9.17, 15) is 14.9 Å². The van der Waals surface area contributed by atoms with E-state index in [0.717, 1.165) is 12.8 Å². The normalized spacial score (nSPS) is 22.6. The van der Waals surface area contributed by atoms with Gasteiger partial charge in [-0.25, -0.2) is 0 Å². The lowest BCUT2D eigenvalue weighted by molar-refractivity contribution is -0.384. The molecule has 6 nitrogen and oxygen atoms in total. The quantitative estimate of drug-likeness (QED) is 0.669. The molecule has 1 aliphatic heterocycles. The van der Waals surface area contributed by atoms with Crippen molar-refractivity contribution in [2.24, 2.45) is 5.73 Å². The summed E-state index contributed by atoms with van der Waals surface area (Å²) in [7, 11) is 0. The third kappa shape index (κ3) is 3.33. The van der Waals surface area contributed by atoms with Crippen molar-refractivity contribution >= 4 is 11.6 Å². The minimum atomic E-state index is -0.448. The highest BCUT2D eigenvalue weighted by atomic mass is 16.6. The summed E-state index contributed by atoms with van der Waals surface area (Å²) in [6.45, 7) is 2.65. The minimum absolute atomic E-state index is 0.00454. The van der Waals surface area contributed by atoms with Gasteiger partial charge in [0.1, 0.15) is 0 Å². The van der Waals surface area contributed by atoms with Crippen LogP contribution in [0.15, 0.2) is 24.3 Å². The number of carbonyl (C=O) groups is 1.